The molecule has 0 aliphatic heterocycles. The largest absolute Gasteiger partial charge is 0.379 e. The molecule has 0 radical (unpaired) electrons. The predicted octanol–water partition coefficient (Wildman–Crippen LogP) is 2.60. The summed E-state index contributed by atoms with van der Waals surface area (Å²) in [7, 11) is 0. The zero-order valence-electron chi connectivity index (χ0n) is 7.09. The molecule has 0 saturated heterocycles. The van der Waals surface area contributed by atoms with Crippen molar-refractivity contribution in [1.29, 1.82) is 0 Å². The Bertz CT molecular complexity index is 329. The second-order valence-electron chi connectivity index (χ2n) is 3.34. The average Bonchev–Trinajstić information content (AvgIpc) is 2.75. The van der Waals surface area contributed by atoms with E-state index < -0.39 is 0 Å². The molecule has 3 nitrogen and oxygen atoms in total. The SMILES string of the molecule is CC1CC1Nc1cc(Cl)nnc1Cl. The first-order valence-corrected chi connectivity index (χ1v) is 4.87. The van der Waals surface area contributed by atoms with Gasteiger partial charge in [-0.3, -0.25) is 0 Å². The molecule has 1 aliphatic rings. The summed E-state index contributed by atoms with van der Waals surface area (Å²) >= 11 is 11.5. The zero-order valence-corrected chi connectivity index (χ0v) is 8.60. The quantitative estimate of drug-likeness (QED) is 0.828. The van der Waals surface area contributed by atoms with Crippen LogP contribution in [0.1, 0.15) is 13.3 Å². The Kier molecular flexibility index (Phi) is 2.30. The lowest BCUT2D eigenvalue weighted by Gasteiger charge is -2.05. The van der Waals surface area contributed by atoms with Gasteiger partial charge in [0.25, 0.3) is 0 Å². The van der Waals surface area contributed by atoms with Crippen LogP contribution in [0.25, 0.3) is 0 Å². The van der Waals surface area contributed by atoms with Crippen molar-refractivity contribution in [2.75, 3.05) is 5.32 Å². The minimum Gasteiger partial charge on any atom is -0.379 e. The molecule has 13 heavy (non-hydrogen) atoms. The van der Waals surface area contributed by atoms with Crippen molar-refractivity contribution >= 4 is 28.9 Å². The second kappa shape index (κ2) is 3.31. The maximum atomic E-state index is 5.82. The van der Waals surface area contributed by atoms with Crippen LogP contribution in [0.15, 0.2) is 6.07 Å². The van der Waals surface area contributed by atoms with Gasteiger partial charge in [0, 0.05) is 12.1 Å². The van der Waals surface area contributed by atoms with Crippen LogP contribution in [0.2, 0.25) is 10.3 Å². The van der Waals surface area contributed by atoms with Crippen LogP contribution in [-0.2, 0) is 0 Å². The van der Waals surface area contributed by atoms with Crippen molar-refractivity contribution in [3.8, 4) is 0 Å². The van der Waals surface area contributed by atoms with Gasteiger partial charge in [-0.1, -0.05) is 30.1 Å². The molecule has 1 aliphatic carbocycles. The van der Waals surface area contributed by atoms with Gasteiger partial charge < -0.3 is 5.32 Å². The minimum absolute atomic E-state index is 0.361. The number of halogens is 2. The first-order chi connectivity index (χ1) is 6.16. The van der Waals surface area contributed by atoms with Crippen molar-refractivity contribution in [2.45, 2.75) is 19.4 Å². The zero-order chi connectivity index (χ0) is 9.42. The topological polar surface area (TPSA) is 37.8 Å². The van der Waals surface area contributed by atoms with Gasteiger partial charge in [0.15, 0.2) is 10.3 Å². The molecule has 1 heterocycles. The fourth-order valence-corrected chi connectivity index (χ4v) is 1.47. The summed E-state index contributed by atoms with van der Waals surface area (Å²) in [6.45, 7) is 2.18. The van der Waals surface area contributed by atoms with Gasteiger partial charge in [0.05, 0.1) is 5.69 Å². The molecule has 2 unspecified atom stereocenters. The molecule has 0 aromatic carbocycles. The number of aromatic nitrogens is 2. The Hall–Kier alpha value is -0.540. The highest BCUT2D eigenvalue weighted by atomic mass is 35.5. The number of nitrogens with one attached hydrogen (secondary N) is 1. The number of hydrogen-bond acceptors (Lipinski definition) is 3. The molecule has 2 rings (SSSR count). The van der Waals surface area contributed by atoms with E-state index in [1.54, 1.807) is 6.07 Å². The number of rotatable bonds is 2. The molecule has 1 aromatic heterocycles. The number of hydrogen-bond donors (Lipinski definition) is 1. The van der Waals surface area contributed by atoms with Gasteiger partial charge in [-0.15, -0.1) is 10.2 Å². The first-order valence-electron chi connectivity index (χ1n) is 4.12. The third-order valence-electron chi connectivity index (χ3n) is 2.17. The summed E-state index contributed by atoms with van der Waals surface area (Å²) in [5.74, 6) is 0.711. The van der Waals surface area contributed by atoms with Crippen LogP contribution >= 0.6 is 23.2 Å². The Morgan fingerprint density at radius 2 is 2.15 bits per heavy atom. The summed E-state index contributed by atoms with van der Waals surface area (Å²) in [6, 6.07) is 2.21. The van der Waals surface area contributed by atoms with Crippen LogP contribution < -0.4 is 5.32 Å². The van der Waals surface area contributed by atoms with Gasteiger partial charge in [0.2, 0.25) is 0 Å². The molecular formula is C8H9Cl2N3. The molecule has 0 spiro atoms. The molecule has 2 atom stereocenters. The van der Waals surface area contributed by atoms with E-state index in [0.29, 0.717) is 22.3 Å². The maximum absolute atomic E-state index is 5.82. The summed E-state index contributed by atoms with van der Waals surface area (Å²) in [4.78, 5) is 0. The highest BCUT2D eigenvalue weighted by Crippen LogP contribution is 2.34. The van der Waals surface area contributed by atoms with Crippen LogP contribution in [0.3, 0.4) is 0 Å². The van der Waals surface area contributed by atoms with Crippen LogP contribution in [0.4, 0.5) is 5.69 Å². The minimum atomic E-state index is 0.361. The molecule has 5 heteroatoms. The summed E-state index contributed by atoms with van der Waals surface area (Å²) in [5.41, 5.74) is 0.774. The summed E-state index contributed by atoms with van der Waals surface area (Å²) in [5, 5.41) is 11.3. The Morgan fingerprint density at radius 3 is 2.77 bits per heavy atom. The van der Waals surface area contributed by atoms with Gasteiger partial charge >= 0.3 is 0 Å². The lowest BCUT2D eigenvalue weighted by molar-refractivity contribution is 0.924. The molecule has 0 amide bonds. The summed E-state index contributed by atoms with van der Waals surface area (Å²) < 4.78 is 0. The van der Waals surface area contributed by atoms with Crippen molar-refractivity contribution in [2.24, 2.45) is 5.92 Å². The predicted molar refractivity (Wildman–Crippen MR) is 53.2 cm³/mol. The van der Waals surface area contributed by atoms with Crippen molar-refractivity contribution in [1.82, 2.24) is 10.2 Å². The molecule has 0 bridgehead atoms. The first kappa shape index (κ1) is 9.03. The van der Waals surface area contributed by atoms with E-state index in [9.17, 15) is 0 Å². The molecule has 1 saturated carbocycles. The van der Waals surface area contributed by atoms with E-state index in [2.05, 4.69) is 22.4 Å². The van der Waals surface area contributed by atoms with Crippen LogP contribution in [0, 0.1) is 5.92 Å². The van der Waals surface area contributed by atoms with Gasteiger partial charge in [0.1, 0.15) is 0 Å². The Labute approximate surface area is 86.4 Å². The molecule has 1 aromatic rings. The molecule has 1 fully saturated rings. The molecule has 70 valence electrons. The van der Waals surface area contributed by atoms with E-state index in [0.717, 1.165) is 5.69 Å². The molecular weight excluding hydrogens is 209 g/mol. The van der Waals surface area contributed by atoms with E-state index in [4.69, 9.17) is 23.2 Å². The maximum Gasteiger partial charge on any atom is 0.174 e. The third-order valence-corrected chi connectivity index (χ3v) is 2.63. The number of nitrogens with zero attached hydrogens (tertiary/aromatic N) is 2. The standard InChI is InChI=1S/C8H9Cl2N3/c1-4-2-5(4)11-6-3-7(9)12-13-8(6)10/h3-5H,2H2,1H3,(H,11,12). The average molecular weight is 218 g/mol. The fourth-order valence-electron chi connectivity index (χ4n) is 1.18. The third kappa shape index (κ3) is 2.03. The molecule has 1 N–H and O–H groups in total. The monoisotopic (exact) mass is 217 g/mol. The Balaban J connectivity index is 2.14. The summed E-state index contributed by atoms with van der Waals surface area (Å²) in [6.07, 6.45) is 1.18. The second-order valence-corrected chi connectivity index (χ2v) is 4.08. The van der Waals surface area contributed by atoms with E-state index >= 15 is 0 Å². The van der Waals surface area contributed by atoms with E-state index in [1.807, 2.05) is 0 Å². The van der Waals surface area contributed by atoms with Crippen molar-refractivity contribution in [3.63, 3.8) is 0 Å². The van der Waals surface area contributed by atoms with Crippen LogP contribution in [-0.4, -0.2) is 16.2 Å². The lowest BCUT2D eigenvalue weighted by atomic mass is 10.4. The van der Waals surface area contributed by atoms with Crippen molar-refractivity contribution < 1.29 is 0 Å². The van der Waals surface area contributed by atoms with E-state index in [-0.39, 0.29) is 0 Å². The lowest BCUT2D eigenvalue weighted by Crippen LogP contribution is -2.05. The fraction of sp³-hybridized carbons (Fsp3) is 0.500. The number of anilines is 1. The Morgan fingerprint density at radius 1 is 1.46 bits per heavy atom. The van der Waals surface area contributed by atoms with Gasteiger partial charge in [-0.25, -0.2) is 0 Å². The van der Waals surface area contributed by atoms with Crippen molar-refractivity contribution in [3.05, 3.63) is 16.4 Å². The smallest absolute Gasteiger partial charge is 0.174 e. The van der Waals surface area contributed by atoms with E-state index in [1.165, 1.54) is 6.42 Å². The van der Waals surface area contributed by atoms with Gasteiger partial charge in [-0.2, -0.15) is 0 Å². The van der Waals surface area contributed by atoms with Crippen LogP contribution in [0.5, 0.6) is 0 Å². The highest BCUT2D eigenvalue weighted by Gasteiger charge is 2.32. The normalized spacial score (nSPS) is 25.8. The highest BCUT2D eigenvalue weighted by molar-refractivity contribution is 6.33. The van der Waals surface area contributed by atoms with Gasteiger partial charge in [-0.05, 0) is 12.3 Å².